The number of carbonyl (C=O) groups excluding carboxylic acids is 2. The van der Waals surface area contributed by atoms with Crippen molar-refractivity contribution < 1.29 is 9.59 Å². The number of amides is 2. The molecule has 5 nitrogen and oxygen atoms in total. The molecule has 2 atom stereocenters. The van der Waals surface area contributed by atoms with Crippen molar-refractivity contribution in [3.63, 3.8) is 0 Å². The van der Waals surface area contributed by atoms with E-state index in [1.807, 2.05) is 37.3 Å². The number of hydrogen-bond donors (Lipinski definition) is 1. The maximum atomic E-state index is 12.5. The van der Waals surface area contributed by atoms with Crippen LogP contribution in [0, 0.1) is 17.2 Å². The van der Waals surface area contributed by atoms with Gasteiger partial charge in [-0.25, -0.2) is 0 Å². The molecule has 1 aliphatic heterocycles. The van der Waals surface area contributed by atoms with Crippen molar-refractivity contribution in [1.29, 1.82) is 5.26 Å². The van der Waals surface area contributed by atoms with E-state index in [-0.39, 0.29) is 30.2 Å². The van der Waals surface area contributed by atoms with Gasteiger partial charge in [0.15, 0.2) is 0 Å². The zero-order valence-electron chi connectivity index (χ0n) is 14.0. The molecule has 1 heterocycles. The smallest absolute Gasteiger partial charge is 0.227 e. The van der Waals surface area contributed by atoms with Crippen molar-refractivity contribution in [1.82, 2.24) is 5.32 Å². The molecule has 5 heteroatoms. The summed E-state index contributed by atoms with van der Waals surface area (Å²) < 4.78 is 0. The predicted octanol–water partition coefficient (Wildman–Crippen LogP) is 2.79. The number of anilines is 1. The Labute approximate surface area is 146 Å². The second-order valence-electron chi connectivity index (χ2n) is 6.21. The van der Waals surface area contributed by atoms with Gasteiger partial charge in [-0.3, -0.25) is 9.59 Å². The van der Waals surface area contributed by atoms with Gasteiger partial charge in [0.25, 0.3) is 0 Å². The summed E-state index contributed by atoms with van der Waals surface area (Å²) in [4.78, 5) is 26.4. The van der Waals surface area contributed by atoms with Crippen molar-refractivity contribution in [2.45, 2.75) is 19.4 Å². The molecule has 0 saturated carbocycles. The Morgan fingerprint density at radius 2 is 2.00 bits per heavy atom. The fourth-order valence-electron chi connectivity index (χ4n) is 3.03. The number of carbonyl (C=O) groups is 2. The Morgan fingerprint density at radius 1 is 1.24 bits per heavy atom. The zero-order chi connectivity index (χ0) is 17.8. The van der Waals surface area contributed by atoms with E-state index < -0.39 is 0 Å². The highest BCUT2D eigenvalue weighted by Crippen LogP contribution is 2.26. The lowest BCUT2D eigenvalue weighted by molar-refractivity contribution is -0.126. The molecule has 25 heavy (non-hydrogen) atoms. The average Bonchev–Trinajstić information content (AvgIpc) is 3.04. The monoisotopic (exact) mass is 333 g/mol. The molecule has 1 aliphatic rings. The molecule has 1 N–H and O–H groups in total. The third kappa shape index (κ3) is 3.69. The summed E-state index contributed by atoms with van der Waals surface area (Å²) in [6, 6.07) is 18.6. The third-order valence-corrected chi connectivity index (χ3v) is 4.44. The summed E-state index contributed by atoms with van der Waals surface area (Å²) in [5.41, 5.74) is 2.19. The van der Waals surface area contributed by atoms with E-state index in [0.717, 1.165) is 5.56 Å². The number of nitrogens with one attached hydrogen (secondary N) is 1. The summed E-state index contributed by atoms with van der Waals surface area (Å²) in [6.45, 7) is 2.26. The van der Waals surface area contributed by atoms with Crippen LogP contribution in [-0.2, 0) is 9.59 Å². The van der Waals surface area contributed by atoms with Crippen molar-refractivity contribution in [3.05, 3.63) is 65.7 Å². The largest absolute Gasteiger partial charge is 0.349 e. The molecule has 2 aromatic rings. The number of benzene rings is 2. The maximum absolute atomic E-state index is 12.5. The first-order valence-corrected chi connectivity index (χ1v) is 8.24. The highest BCUT2D eigenvalue weighted by Gasteiger charge is 2.35. The van der Waals surface area contributed by atoms with E-state index in [1.54, 1.807) is 29.2 Å². The van der Waals surface area contributed by atoms with Crippen LogP contribution in [0.15, 0.2) is 54.6 Å². The molecule has 1 fully saturated rings. The van der Waals surface area contributed by atoms with Crippen LogP contribution < -0.4 is 10.2 Å². The Hall–Kier alpha value is -3.13. The molecule has 0 aromatic heterocycles. The number of rotatable bonds is 4. The van der Waals surface area contributed by atoms with Gasteiger partial charge in [0.2, 0.25) is 11.8 Å². The molecule has 0 spiro atoms. The Bertz CT molecular complexity index is 826. The van der Waals surface area contributed by atoms with E-state index in [2.05, 4.69) is 11.4 Å². The fourth-order valence-corrected chi connectivity index (χ4v) is 3.03. The predicted molar refractivity (Wildman–Crippen MR) is 94.6 cm³/mol. The summed E-state index contributed by atoms with van der Waals surface area (Å²) in [5.74, 6) is -0.601. The van der Waals surface area contributed by atoms with Gasteiger partial charge in [0.1, 0.15) is 0 Å². The lowest BCUT2D eigenvalue weighted by atomic mass is 10.1. The van der Waals surface area contributed by atoms with Crippen LogP contribution in [0.3, 0.4) is 0 Å². The fraction of sp³-hybridized carbons (Fsp3) is 0.250. The molecule has 2 unspecified atom stereocenters. The molecule has 0 aliphatic carbocycles. The van der Waals surface area contributed by atoms with E-state index >= 15 is 0 Å². The summed E-state index contributed by atoms with van der Waals surface area (Å²) >= 11 is 0. The van der Waals surface area contributed by atoms with Gasteiger partial charge in [0, 0.05) is 18.7 Å². The first-order chi connectivity index (χ1) is 12.1. The van der Waals surface area contributed by atoms with Crippen LogP contribution in [-0.4, -0.2) is 18.4 Å². The molecule has 2 amide bonds. The van der Waals surface area contributed by atoms with Crippen molar-refractivity contribution >= 4 is 17.5 Å². The summed E-state index contributed by atoms with van der Waals surface area (Å²) in [7, 11) is 0. The van der Waals surface area contributed by atoms with E-state index in [4.69, 9.17) is 5.26 Å². The first kappa shape index (κ1) is 16.7. The highest BCUT2D eigenvalue weighted by molar-refractivity contribution is 6.00. The van der Waals surface area contributed by atoms with Gasteiger partial charge in [-0.15, -0.1) is 0 Å². The molecule has 0 bridgehead atoms. The highest BCUT2D eigenvalue weighted by atomic mass is 16.2. The minimum Gasteiger partial charge on any atom is -0.349 e. The Morgan fingerprint density at radius 3 is 2.72 bits per heavy atom. The van der Waals surface area contributed by atoms with E-state index in [9.17, 15) is 9.59 Å². The quantitative estimate of drug-likeness (QED) is 0.935. The van der Waals surface area contributed by atoms with Crippen LogP contribution in [0.25, 0.3) is 0 Å². The van der Waals surface area contributed by atoms with Gasteiger partial charge >= 0.3 is 0 Å². The standard InChI is InChI=1S/C20H19N3O2/c1-14(16-7-3-2-4-8-16)22-20(25)17-11-19(24)23(13-17)18-9-5-6-15(10-18)12-21/h2-10,14,17H,11,13H2,1H3,(H,22,25). The van der Waals surface area contributed by atoms with Gasteiger partial charge < -0.3 is 10.2 Å². The average molecular weight is 333 g/mol. The third-order valence-electron chi connectivity index (χ3n) is 4.44. The van der Waals surface area contributed by atoms with Crippen LogP contribution in [0.4, 0.5) is 5.69 Å². The lowest BCUT2D eigenvalue weighted by Crippen LogP contribution is -2.34. The second-order valence-corrected chi connectivity index (χ2v) is 6.21. The molecular formula is C20H19N3O2. The zero-order valence-corrected chi connectivity index (χ0v) is 14.0. The Kier molecular flexibility index (Phi) is 4.80. The second kappa shape index (κ2) is 7.18. The maximum Gasteiger partial charge on any atom is 0.227 e. The normalized spacial score (nSPS) is 17.8. The van der Waals surface area contributed by atoms with Crippen molar-refractivity contribution in [3.8, 4) is 6.07 Å². The summed E-state index contributed by atoms with van der Waals surface area (Å²) in [5, 5.41) is 12.0. The number of nitrogens with zero attached hydrogens (tertiary/aromatic N) is 2. The minimum atomic E-state index is -0.385. The molecule has 2 aromatic carbocycles. The topological polar surface area (TPSA) is 73.2 Å². The van der Waals surface area contributed by atoms with Crippen molar-refractivity contribution in [2.24, 2.45) is 5.92 Å². The van der Waals surface area contributed by atoms with Crippen LogP contribution in [0.5, 0.6) is 0 Å². The molecule has 0 radical (unpaired) electrons. The minimum absolute atomic E-state index is 0.0948. The Balaban J connectivity index is 1.67. The number of hydrogen-bond acceptors (Lipinski definition) is 3. The van der Waals surface area contributed by atoms with Gasteiger partial charge in [0.05, 0.1) is 23.6 Å². The van der Waals surface area contributed by atoms with Gasteiger partial charge in [-0.2, -0.15) is 5.26 Å². The van der Waals surface area contributed by atoms with Crippen LogP contribution >= 0.6 is 0 Å². The van der Waals surface area contributed by atoms with E-state index in [1.165, 1.54) is 0 Å². The molecule has 126 valence electrons. The van der Waals surface area contributed by atoms with Crippen LogP contribution in [0.2, 0.25) is 0 Å². The SMILES string of the molecule is CC(NC(=O)C1CC(=O)N(c2cccc(C#N)c2)C1)c1ccccc1. The molecule has 3 rings (SSSR count). The number of nitriles is 1. The molecule has 1 saturated heterocycles. The van der Waals surface area contributed by atoms with E-state index in [0.29, 0.717) is 17.8 Å². The van der Waals surface area contributed by atoms with Crippen molar-refractivity contribution in [2.75, 3.05) is 11.4 Å². The van der Waals surface area contributed by atoms with Gasteiger partial charge in [-0.1, -0.05) is 36.4 Å². The summed E-state index contributed by atoms with van der Waals surface area (Å²) in [6.07, 6.45) is 0.185. The van der Waals surface area contributed by atoms with Gasteiger partial charge in [-0.05, 0) is 30.7 Å². The van der Waals surface area contributed by atoms with Crippen LogP contribution in [0.1, 0.15) is 30.5 Å². The molecular weight excluding hydrogens is 314 g/mol. The lowest BCUT2D eigenvalue weighted by Gasteiger charge is -2.19. The first-order valence-electron chi connectivity index (χ1n) is 8.24.